The van der Waals surface area contributed by atoms with E-state index in [1.165, 1.54) is 0 Å². The van der Waals surface area contributed by atoms with Crippen LogP contribution in [0.1, 0.15) is 11.1 Å². The summed E-state index contributed by atoms with van der Waals surface area (Å²) in [4.78, 5) is 0. The molecule has 0 aromatic heterocycles. The van der Waals surface area contributed by atoms with Crippen LogP contribution in [-0.4, -0.2) is 18.0 Å². The first-order valence-corrected chi connectivity index (χ1v) is 5.73. The molecule has 18 heavy (non-hydrogen) atoms. The Morgan fingerprint density at radius 3 is 2.28 bits per heavy atom. The average molecular weight is 241 g/mol. The maximum absolute atomic E-state index is 9.10. The molecule has 0 saturated carbocycles. The van der Waals surface area contributed by atoms with Crippen molar-refractivity contribution in [3.8, 4) is 5.75 Å². The Morgan fingerprint density at radius 2 is 1.72 bits per heavy atom. The van der Waals surface area contributed by atoms with E-state index < -0.39 is 0 Å². The van der Waals surface area contributed by atoms with Crippen LogP contribution in [0.25, 0.3) is 0 Å². The van der Waals surface area contributed by atoms with Crippen molar-refractivity contribution in [2.45, 2.75) is 6.42 Å². The van der Waals surface area contributed by atoms with Crippen molar-refractivity contribution in [3.63, 3.8) is 0 Å². The summed E-state index contributed by atoms with van der Waals surface area (Å²) < 4.78 is 5.11. The van der Waals surface area contributed by atoms with Crippen molar-refractivity contribution in [2.24, 2.45) is 5.16 Å². The van der Waals surface area contributed by atoms with Crippen LogP contribution in [0.4, 0.5) is 0 Å². The van der Waals surface area contributed by atoms with Crippen LogP contribution in [0.15, 0.2) is 59.8 Å². The highest BCUT2D eigenvalue weighted by Gasteiger charge is 2.05. The SMILES string of the molecule is COc1ccc(CC(=NO)c2ccccc2)cc1. The lowest BCUT2D eigenvalue weighted by Crippen LogP contribution is -2.05. The van der Waals surface area contributed by atoms with E-state index in [9.17, 15) is 0 Å². The van der Waals surface area contributed by atoms with Gasteiger partial charge in [0.05, 0.1) is 12.8 Å². The zero-order valence-corrected chi connectivity index (χ0v) is 10.2. The Morgan fingerprint density at radius 1 is 1.06 bits per heavy atom. The van der Waals surface area contributed by atoms with E-state index in [4.69, 9.17) is 9.94 Å². The summed E-state index contributed by atoms with van der Waals surface area (Å²) in [5.41, 5.74) is 2.66. The van der Waals surface area contributed by atoms with Gasteiger partial charge in [0.25, 0.3) is 0 Å². The van der Waals surface area contributed by atoms with Crippen LogP contribution in [-0.2, 0) is 6.42 Å². The number of rotatable bonds is 4. The van der Waals surface area contributed by atoms with Gasteiger partial charge in [0.2, 0.25) is 0 Å². The fraction of sp³-hybridized carbons (Fsp3) is 0.133. The molecule has 0 spiro atoms. The number of hydrogen-bond donors (Lipinski definition) is 1. The third-order valence-electron chi connectivity index (χ3n) is 2.76. The van der Waals surface area contributed by atoms with Crippen molar-refractivity contribution in [2.75, 3.05) is 7.11 Å². The molecule has 0 fully saturated rings. The molecule has 0 heterocycles. The highest BCUT2D eigenvalue weighted by molar-refractivity contribution is 6.01. The van der Waals surface area contributed by atoms with Crippen LogP contribution in [0, 0.1) is 0 Å². The normalized spacial score (nSPS) is 11.3. The van der Waals surface area contributed by atoms with Crippen LogP contribution in [0.2, 0.25) is 0 Å². The molecule has 2 aromatic carbocycles. The minimum atomic E-state index is 0.588. The third-order valence-corrected chi connectivity index (χ3v) is 2.76. The van der Waals surface area contributed by atoms with Crippen LogP contribution in [0.3, 0.4) is 0 Å². The van der Waals surface area contributed by atoms with Crippen molar-refractivity contribution < 1.29 is 9.94 Å². The van der Waals surface area contributed by atoms with Gasteiger partial charge in [0.15, 0.2) is 0 Å². The van der Waals surface area contributed by atoms with Gasteiger partial charge in [-0.15, -0.1) is 0 Å². The summed E-state index contributed by atoms with van der Waals surface area (Å²) in [5.74, 6) is 0.820. The maximum Gasteiger partial charge on any atom is 0.118 e. The Hall–Kier alpha value is -2.29. The molecule has 0 radical (unpaired) electrons. The molecule has 3 nitrogen and oxygen atoms in total. The van der Waals surface area contributed by atoms with Crippen LogP contribution >= 0.6 is 0 Å². The second-order valence-electron chi connectivity index (χ2n) is 3.94. The fourth-order valence-corrected chi connectivity index (χ4v) is 1.76. The number of hydrogen-bond acceptors (Lipinski definition) is 3. The van der Waals surface area contributed by atoms with E-state index in [1.54, 1.807) is 7.11 Å². The van der Waals surface area contributed by atoms with E-state index in [0.717, 1.165) is 16.9 Å². The summed E-state index contributed by atoms with van der Waals surface area (Å²) in [5, 5.41) is 12.5. The zero-order chi connectivity index (χ0) is 12.8. The highest BCUT2D eigenvalue weighted by Crippen LogP contribution is 2.14. The average Bonchev–Trinajstić information content (AvgIpc) is 2.46. The summed E-state index contributed by atoms with van der Waals surface area (Å²) >= 11 is 0. The largest absolute Gasteiger partial charge is 0.497 e. The van der Waals surface area contributed by atoms with Gasteiger partial charge in [0.1, 0.15) is 5.75 Å². The predicted molar refractivity (Wildman–Crippen MR) is 71.5 cm³/mol. The van der Waals surface area contributed by atoms with E-state index in [1.807, 2.05) is 54.6 Å². The zero-order valence-electron chi connectivity index (χ0n) is 10.2. The second kappa shape index (κ2) is 5.87. The second-order valence-corrected chi connectivity index (χ2v) is 3.94. The number of ether oxygens (including phenoxy) is 1. The van der Waals surface area contributed by atoms with Crippen molar-refractivity contribution in [1.82, 2.24) is 0 Å². The lowest BCUT2D eigenvalue weighted by Gasteiger charge is -2.06. The molecule has 3 heteroatoms. The smallest absolute Gasteiger partial charge is 0.118 e. The lowest BCUT2D eigenvalue weighted by atomic mass is 10.0. The van der Waals surface area contributed by atoms with Crippen LogP contribution < -0.4 is 4.74 Å². The summed E-state index contributed by atoms with van der Waals surface area (Å²) in [6, 6.07) is 17.4. The fourth-order valence-electron chi connectivity index (χ4n) is 1.76. The van der Waals surface area contributed by atoms with Gasteiger partial charge in [0, 0.05) is 6.42 Å². The molecule has 0 unspecified atom stereocenters. The number of nitrogens with zero attached hydrogens (tertiary/aromatic N) is 1. The minimum absolute atomic E-state index is 0.588. The lowest BCUT2D eigenvalue weighted by molar-refractivity contribution is 0.318. The monoisotopic (exact) mass is 241 g/mol. The van der Waals surface area contributed by atoms with Crippen molar-refractivity contribution in [3.05, 3.63) is 65.7 Å². The molecule has 0 aliphatic heterocycles. The highest BCUT2D eigenvalue weighted by atomic mass is 16.5. The van der Waals surface area contributed by atoms with E-state index in [0.29, 0.717) is 12.1 Å². The Bertz CT molecular complexity index is 518. The maximum atomic E-state index is 9.10. The molecule has 0 aliphatic rings. The molecule has 0 amide bonds. The Labute approximate surface area is 106 Å². The summed E-state index contributed by atoms with van der Waals surface area (Å²) in [6.07, 6.45) is 0.588. The predicted octanol–water partition coefficient (Wildman–Crippen LogP) is 3.12. The van der Waals surface area contributed by atoms with Gasteiger partial charge in [-0.2, -0.15) is 0 Å². The quantitative estimate of drug-likeness (QED) is 0.507. The van der Waals surface area contributed by atoms with Gasteiger partial charge in [-0.1, -0.05) is 47.6 Å². The van der Waals surface area contributed by atoms with Gasteiger partial charge in [-0.3, -0.25) is 0 Å². The molecule has 2 rings (SSSR count). The Kier molecular flexibility index (Phi) is 3.97. The van der Waals surface area contributed by atoms with Crippen LogP contribution in [0.5, 0.6) is 5.75 Å². The van der Waals surface area contributed by atoms with Crippen molar-refractivity contribution >= 4 is 5.71 Å². The molecule has 2 aromatic rings. The summed E-state index contributed by atoms with van der Waals surface area (Å²) in [7, 11) is 1.64. The topological polar surface area (TPSA) is 41.8 Å². The number of methoxy groups -OCH3 is 1. The molecule has 0 saturated heterocycles. The first-order chi connectivity index (χ1) is 8.83. The van der Waals surface area contributed by atoms with E-state index >= 15 is 0 Å². The third kappa shape index (κ3) is 2.88. The molecule has 0 aliphatic carbocycles. The van der Waals surface area contributed by atoms with Gasteiger partial charge < -0.3 is 9.94 Å². The molecule has 1 N–H and O–H groups in total. The molecule has 92 valence electrons. The first kappa shape index (κ1) is 12.2. The summed E-state index contributed by atoms with van der Waals surface area (Å²) in [6.45, 7) is 0. The van der Waals surface area contributed by atoms with Crippen molar-refractivity contribution in [1.29, 1.82) is 0 Å². The molecular weight excluding hydrogens is 226 g/mol. The van der Waals surface area contributed by atoms with Gasteiger partial charge in [-0.25, -0.2) is 0 Å². The standard InChI is InChI=1S/C15H15NO2/c1-18-14-9-7-12(8-10-14)11-15(16-17)13-5-3-2-4-6-13/h2-10,17H,11H2,1H3. The van der Waals surface area contributed by atoms with E-state index in [-0.39, 0.29) is 0 Å². The van der Waals surface area contributed by atoms with Gasteiger partial charge in [-0.05, 0) is 23.3 Å². The Balaban J connectivity index is 2.16. The molecule has 0 atom stereocenters. The van der Waals surface area contributed by atoms with Gasteiger partial charge >= 0.3 is 0 Å². The molecular formula is C15H15NO2. The minimum Gasteiger partial charge on any atom is -0.497 e. The van der Waals surface area contributed by atoms with E-state index in [2.05, 4.69) is 5.16 Å². The number of benzene rings is 2. The molecule has 0 bridgehead atoms. The number of oxime groups is 1. The first-order valence-electron chi connectivity index (χ1n) is 5.73.